The van der Waals surface area contributed by atoms with Crippen LogP contribution in [0.5, 0.6) is 0 Å². The first-order valence-electron chi connectivity index (χ1n) is 7.71. The minimum atomic E-state index is -0.783. The van der Waals surface area contributed by atoms with Gasteiger partial charge < -0.3 is 10.2 Å². The summed E-state index contributed by atoms with van der Waals surface area (Å²) < 4.78 is 0. The molecule has 0 aliphatic carbocycles. The third-order valence-corrected chi connectivity index (χ3v) is 2.85. The van der Waals surface area contributed by atoms with Gasteiger partial charge in [0.1, 0.15) is 0 Å². The van der Waals surface area contributed by atoms with Crippen LogP contribution >= 0.6 is 0 Å². The van der Waals surface area contributed by atoms with Crippen LogP contribution in [-0.4, -0.2) is 22.3 Å². The number of rotatable bonds is 12. The highest BCUT2D eigenvalue weighted by atomic mass is 16.4. The lowest BCUT2D eigenvalue weighted by molar-refractivity contribution is -0.136. The molecule has 0 radical (unpaired) electrons. The second kappa shape index (κ2) is 14.8. The molecule has 1 atom stereocenters. The number of aliphatic carboxylic acids is 1. The zero-order chi connectivity index (χ0) is 15.8. The van der Waals surface area contributed by atoms with Crippen LogP contribution in [0.2, 0.25) is 0 Å². The minimum Gasteiger partial charge on any atom is -0.481 e. The molecule has 0 rings (SSSR count). The van der Waals surface area contributed by atoms with Gasteiger partial charge in [0.25, 0.3) is 0 Å². The van der Waals surface area contributed by atoms with Crippen LogP contribution in [0.1, 0.15) is 51.9 Å². The van der Waals surface area contributed by atoms with E-state index in [0.717, 1.165) is 6.42 Å². The highest BCUT2D eigenvalue weighted by Crippen LogP contribution is 2.02. The third-order valence-electron chi connectivity index (χ3n) is 2.85. The first-order chi connectivity index (χ1) is 10.2. The molecule has 0 spiro atoms. The van der Waals surface area contributed by atoms with Gasteiger partial charge in [0.05, 0.1) is 6.10 Å². The fourth-order valence-corrected chi connectivity index (χ4v) is 1.65. The molecule has 0 aromatic carbocycles. The average Bonchev–Trinajstić information content (AvgIpc) is 2.45. The van der Waals surface area contributed by atoms with Gasteiger partial charge in [-0.2, -0.15) is 0 Å². The molecule has 0 aliphatic rings. The maximum absolute atomic E-state index is 10.3. The van der Waals surface area contributed by atoms with Crippen molar-refractivity contribution < 1.29 is 15.0 Å². The van der Waals surface area contributed by atoms with Crippen LogP contribution in [0.3, 0.4) is 0 Å². The fourth-order valence-electron chi connectivity index (χ4n) is 1.65. The summed E-state index contributed by atoms with van der Waals surface area (Å²) in [6.07, 6.45) is 20.7. The van der Waals surface area contributed by atoms with Crippen LogP contribution in [0.25, 0.3) is 0 Å². The highest BCUT2D eigenvalue weighted by molar-refractivity contribution is 5.66. The number of aliphatic hydroxyl groups is 1. The summed E-state index contributed by atoms with van der Waals surface area (Å²) in [5.41, 5.74) is 0. The molecule has 0 amide bonds. The van der Waals surface area contributed by atoms with Gasteiger partial charge in [-0.15, -0.1) is 0 Å². The third kappa shape index (κ3) is 16.3. The minimum absolute atomic E-state index is 0.156. The van der Waals surface area contributed by atoms with Gasteiger partial charge >= 0.3 is 5.97 Å². The van der Waals surface area contributed by atoms with E-state index >= 15 is 0 Å². The maximum Gasteiger partial charge on any atom is 0.303 e. The quantitative estimate of drug-likeness (QED) is 0.318. The zero-order valence-electron chi connectivity index (χ0n) is 12.9. The Morgan fingerprint density at radius 1 is 1.00 bits per heavy atom. The van der Waals surface area contributed by atoms with Crippen molar-refractivity contribution in [3.63, 3.8) is 0 Å². The summed E-state index contributed by atoms with van der Waals surface area (Å²) >= 11 is 0. The Kier molecular flexibility index (Phi) is 13.7. The van der Waals surface area contributed by atoms with Gasteiger partial charge in [0.15, 0.2) is 0 Å². The Morgan fingerprint density at radius 3 is 2.48 bits per heavy atom. The predicted molar refractivity (Wildman–Crippen MR) is 88.2 cm³/mol. The lowest BCUT2D eigenvalue weighted by Gasteiger charge is -1.99. The fraction of sp³-hybridized carbons (Fsp3) is 0.500. The van der Waals surface area contributed by atoms with Crippen LogP contribution in [0.15, 0.2) is 48.6 Å². The number of hydrogen-bond donors (Lipinski definition) is 2. The van der Waals surface area contributed by atoms with Crippen LogP contribution in [0, 0.1) is 0 Å². The summed E-state index contributed by atoms with van der Waals surface area (Å²) in [4.78, 5) is 10.3. The summed E-state index contributed by atoms with van der Waals surface area (Å²) in [5, 5.41) is 18.1. The standard InChI is InChI=1S/C18H28O3/c1-2-3-4-5-8-11-14-17(19)15-12-9-6-7-10-13-16-18(20)21/h6-12,15,17,19H,2-5,13-14,16H2,1H3,(H,20,21)/b9-6+,10-7-,11-8-,15-12+. The predicted octanol–water partition coefficient (Wildman–Crippen LogP) is 4.41. The molecule has 0 fully saturated rings. The van der Waals surface area contributed by atoms with E-state index in [1.165, 1.54) is 19.3 Å². The Morgan fingerprint density at radius 2 is 1.76 bits per heavy atom. The molecular weight excluding hydrogens is 264 g/mol. The first-order valence-corrected chi connectivity index (χ1v) is 7.71. The van der Waals surface area contributed by atoms with E-state index in [1.54, 1.807) is 12.2 Å². The Bertz CT molecular complexity index is 365. The van der Waals surface area contributed by atoms with E-state index in [9.17, 15) is 9.90 Å². The van der Waals surface area contributed by atoms with Crippen molar-refractivity contribution in [2.24, 2.45) is 0 Å². The van der Waals surface area contributed by atoms with E-state index in [1.807, 2.05) is 30.4 Å². The van der Waals surface area contributed by atoms with Crippen molar-refractivity contribution in [3.05, 3.63) is 48.6 Å². The Hall–Kier alpha value is -1.61. The molecule has 0 bridgehead atoms. The number of unbranched alkanes of at least 4 members (excludes halogenated alkanes) is 3. The van der Waals surface area contributed by atoms with Crippen LogP contribution < -0.4 is 0 Å². The van der Waals surface area contributed by atoms with E-state index in [0.29, 0.717) is 12.8 Å². The van der Waals surface area contributed by atoms with Crippen molar-refractivity contribution in [2.45, 2.75) is 58.0 Å². The summed E-state index contributed by atoms with van der Waals surface area (Å²) in [6, 6.07) is 0. The summed E-state index contributed by atoms with van der Waals surface area (Å²) in [7, 11) is 0. The van der Waals surface area contributed by atoms with Gasteiger partial charge in [-0.3, -0.25) is 4.79 Å². The van der Waals surface area contributed by atoms with E-state index in [4.69, 9.17) is 5.11 Å². The number of carbonyl (C=O) groups is 1. The average molecular weight is 292 g/mol. The molecule has 0 saturated heterocycles. The Labute approximate surface area is 128 Å². The van der Waals surface area contributed by atoms with Crippen molar-refractivity contribution in [2.75, 3.05) is 0 Å². The molecule has 118 valence electrons. The van der Waals surface area contributed by atoms with Crippen LogP contribution in [-0.2, 0) is 4.79 Å². The molecule has 0 heterocycles. The van der Waals surface area contributed by atoms with Gasteiger partial charge in [-0.25, -0.2) is 0 Å². The van der Waals surface area contributed by atoms with Crippen molar-refractivity contribution in [3.8, 4) is 0 Å². The van der Waals surface area contributed by atoms with Crippen LogP contribution in [0.4, 0.5) is 0 Å². The number of carboxylic acids is 1. The van der Waals surface area contributed by atoms with Gasteiger partial charge in [0, 0.05) is 6.42 Å². The molecule has 21 heavy (non-hydrogen) atoms. The van der Waals surface area contributed by atoms with Gasteiger partial charge in [-0.05, 0) is 25.7 Å². The second-order valence-electron chi connectivity index (χ2n) is 4.90. The number of aliphatic hydroxyl groups excluding tert-OH is 1. The van der Waals surface area contributed by atoms with Crippen molar-refractivity contribution in [1.82, 2.24) is 0 Å². The van der Waals surface area contributed by atoms with Crippen molar-refractivity contribution in [1.29, 1.82) is 0 Å². The molecule has 0 aromatic rings. The molecule has 0 aliphatic heterocycles. The van der Waals surface area contributed by atoms with E-state index < -0.39 is 12.1 Å². The molecule has 0 saturated carbocycles. The monoisotopic (exact) mass is 292 g/mol. The molecule has 1 unspecified atom stereocenters. The molecule has 3 nitrogen and oxygen atoms in total. The molecule has 2 N–H and O–H groups in total. The smallest absolute Gasteiger partial charge is 0.303 e. The van der Waals surface area contributed by atoms with Gasteiger partial charge in [0.2, 0.25) is 0 Å². The second-order valence-corrected chi connectivity index (χ2v) is 4.90. The lowest BCUT2D eigenvalue weighted by Crippen LogP contribution is -1.98. The largest absolute Gasteiger partial charge is 0.481 e. The van der Waals surface area contributed by atoms with Gasteiger partial charge in [-0.1, -0.05) is 68.4 Å². The SMILES string of the molecule is CCCCC/C=C\CC(O)/C=C/C=C/C=C\CCC(=O)O. The highest BCUT2D eigenvalue weighted by Gasteiger charge is 1.93. The summed E-state index contributed by atoms with van der Waals surface area (Å²) in [5.74, 6) is -0.783. The maximum atomic E-state index is 10.3. The number of carboxylic acid groups (broad SMARTS) is 1. The zero-order valence-corrected chi connectivity index (χ0v) is 12.9. The van der Waals surface area contributed by atoms with E-state index in [-0.39, 0.29) is 6.42 Å². The normalized spacial score (nSPS) is 14.0. The molecular formula is C18H28O3. The summed E-state index contributed by atoms with van der Waals surface area (Å²) in [6.45, 7) is 2.19. The molecule has 0 aromatic heterocycles. The first kappa shape index (κ1) is 19.4. The van der Waals surface area contributed by atoms with E-state index in [2.05, 4.69) is 13.0 Å². The van der Waals surface area contributed by atoms with Crippen molar-refractivity contribution >= 4 is 5.97 Å². The topological polar surface area (TPSA) is 57.5 Å². The molecule has 3 heteroatoms. The number of allylic oxidation sites excluding steroid dienone is 6. The lowest BCUT2D eigenvalue weighted by atomic mass is 10.1. The number of hydrogen-bond acceptors (Lipinski definition) is 2. The Balaban J connectivity index is 3.69.